The largest absolute Gasteiger partial charge is 0.376 e. The average molecular weight is 477 g/mol. The third-order valence-electron chi connectivity index (χ3n) is 7.62. The van der Waals surface area contributed by atoms with Crippen LogP contribution in [0.15, 0.2) is 96.2 Å². The fourth-order valence-electron chi connectivity index (χ4n) is 5.60. The van der Waals surface area contributed by atoms with Gasteiger partial charge >= 0.3 is 0 Å². The molecule has 182 valence electrons. The van der Waals surface area contributed by atoms with Crippen LogP contribution in [0.25, 0.3) is 10.8 Å². The predicted octanol–water partition coefficient (Wildman–Crippen LogP) is 4.96. The molecule has 0 N–H and O–H groups in total. The summed E-state index contributed by atoms with van der Waals surface area (Å²) in [5, 5.41) is 2.64. The minimum atomic E-state index is 0.118. The van der Waals surface area contributed by atoms with E-state index in [0.29, 0.717) is 19.0 Å². The summed E-state index contributed by atoms with van der Waals surface area (Å²) in [7, 11) is 0. The van der Waals surface area contributed by atoms with E-state index >= 15 is 0 Å². The number of benzene rings is 3. The summed E-state index contributed by atoms with van der Waals surface area (Å²) >= 11 is 0. The topological polar surface area (TPSA) is 41.4 Å². The molecule has 0 amide bonds. The Labute approximate surface area is 212 Å². The number of allylic oxidation sites excluding steroid dienone is 1. The standard InChI is InChI=1S/C31H32N4O/c36-31-29-22-34(21-24-7-2-1-3-8-24)18-15-30(29)32-23-35(31)20-19-33-16-13-26(14-17-33)28-12-6-10-25-9-4-5-11-27(25)28/h1-13,16,23,26H,14-15,17-22H2. The second kappa shape index (κ2) is 10.1. The Kier molecular flexibility index (Phi) is 6.39. The highest BCUT2D eigenvalue weighted by atomic mass is 16.1. The zero-order valence-corrected chi connectivity index (χ0v) is 20.6. The first-order valence-electron chi connectivity index (χ1n) is 13.0. The summed E-state index contributed by atoms with van der Waals surface area (Å²) < 4.78 is 1.80. The van der Waals surface area contributed by atoms with Crippen LogP contribution in [0.4, 0.5) is 0 Å². The Balaban J connectivity index is 1.11. The van der Waals surface area contributed by atoms with Gasteiger partial charge in [0.1, 0.15) is 0 Å². The van der Waals surface area contributed by atoms with E-state index in [0.717, 1.165) is 50.3 Å². The van der Waals surface area contributed by atoms with Gasteiger partial charge in [-0.15, -0.1) is 0 Å². The third-order valence-corrected chi connectivity index (χ3v) is 7.62. The molecule has 0 spiro atoms. The van der Waals surface area contributed by atoms with E-state index in [4.69, 9.17) is 0 Å². The van der Waals surface area contributed by atoms with Crippen molar-refractivity contribution in [1.29, 1.82) is 0 Å². The highest BCUT2D eigenvalue weighted by molar-refractivity contribution is 5.86. The summed E-state index contributed by atoms with van der Waals surface area (Å²) in [6.07, 6.45) is 8.20. The molecule has 4 aromatic rings. The zero-order chi connectivity index (χ0) is 24.3. The van der Waals surface area contributed by atoms with Crippen LogP contribution in [0.1, 0.15) is 34.7 Å². The lowest BCUT2D eigenvalue weighted by molar-refractivity contribution is 0.240. The lowest BCUT2D eigenvalue weighted by Crippen LogP contribution is -2.38. The van der Waals surface area contributed by atoms with Crippen LogP contribution in [0.3, 0.4) is 0 Å². The van der Waals surface area contributed by atoms with E-state index < -0.39 is 0 Å². The highest BCUT2D eigenvalue weighted by Crippen LogP contribution is 2.31. The van der Waals surface area contributed by atoms with Crippen LogP contribution in [-0.4, -0.2) is 39.0 Å². The molecule has 0 bridgehead atoms. The van der Waals surface area contributed by atoms with Crippen molar-refractivity contribution >= 4 is 10.8 Å². The van der Waals surface area contributed by atoms with Crippen molar-refractivity contribution in [2.45, 2.75) is 38.4 Å². The van der Waals surface area contributed by atoms with Crippen LogP contribution >= 0.6 is 0 Å². The molecule has 0 aliphatic carbocycles. The Bertz CT molecular complexity index is 1440. The van der Waals surface area contributed by atoms with Crippen molar-refractivity contribution in [3.63, 3.8) is 0 Å². The van der Waals surface area contributed by atoms with Gasteiger partial charge in [0.05, 0.1) is 17.6 Å². The summed E-state index contributed by atoms with van der Waals surface area (Å²) in [5.74, 6) is 0.427. The van der Waals surface area contributed by atoms with E-state index in [2.05, 4.69) is 93.8 Å². The third kappa shape index (κ3) is 4.71. The molecular formula is C31H32N4O. The van der Waals surface area contributed by atoms with Crippen molar-refractivity contribution in [3.05, 3.63) is 124 Å². The molecule has 2 aliphatic rings. The summed E-state index contributed by atoms with van der Waals surface area (Å²) in [6, 6.07) is 25.7. The first-order valence-corrected chi connectivity index (χ1v) is 13.0. The monoisotopic (exact) mass is 476 g/mol. The Morgan fingerprint density at radius 3 is 2.58 bits per heavy atom. The van der Waals surface area contributed by atoms with Gasteiger partial charge in [-0.2, -0.15) is 0 Å². The Morgan fingerprint density at radius 1 is 0.889 bits per heavy atom. The predicted molar refractivity (Wildman–Crippen MR) is 145 cm³/mol. The number of rotatable bonds is 6. The average Bonchev–Trinajstić information content (AvgIpc) is 2.93. The number of hydrogen-bond acceptors (Lipinski definition) is 4. The van der Waals surface area contributed by atoms with E-state index in [1.54, 1.807) is 10.9 Å². The van der Waals surface area contributed by atoms with Crippen molar-refractivity contribution in [3.8, 4) is 0 Å². The SMILES string of the molecule is O=c1c2c(ncn1CCN1C=CC(c3cccc4ccccc34)CC1)CCN(Cc1ccccc1)C2. The maximum Gasteiger partial charge on any atom is 0.258 e. The van der Waals surface area contributed by atoms with Crippen LogP contribution < -0.4 is 5.56 Å². The molecule has 6 rings (SSSR count). The number of fused-ring (bicyclic) bond motifs is 2. The molecule has 3 heterocycles. The Hall–Kier alpha value is -3.70. The van der Waals surface area contributed by atoms with Gasteiger partial charge in [0.15, 0.2) is 0 Å². The minimum absolute atomic E-state index is 0.118. The molecule has 5 heteroatoms. The summed E-state index contributed by atoms with van der Waals surface area (Å²) in [4.78, 5) is 22.7. The maximum atomic E-state index is 13.3. The maximum absolute atomic E-state index is 13.3. The molecule has 0 fully saturated rings. The molecule has 3 aromatic carbocycles. The number of hydrogen-bond donors (Lipinski definition) is 0. The van der Waals surface area contributed by atoms with E-state index in [1.807, 2.05) is 6.07 Å². The van der Waals surface area contributed by atoms with Gasteiger partial charge in [-0.3, -0.25) is 14.3 Å². The van der Waals surface area contributed by atoms with Crippen LogP contribution in [-0.2, 0) is 26.1 Å². The molecular weight excluding hydrogens is 444 g/mol. The fraction of sp³-hybridized carbons (Fsp3) is 0.290. The van der Waals surface area contributed by atoms with Crippen LogP contribution in [0, 0.1) is 0 Å². The molecule has 0 radical (unpaired) electrons. The lowest BCUT2D eigenvalue weighted by Gasteiger charge is -2.30. The van der Waals surface area contributed by atoms with Crippen LogP contribution in [0.2, 0.25) is 0 Å². The molecule has 0 saturated carbocycles. The van der Waals surface area contributed by atoms with Crippen molar-refractivity contribution in [2.24, 2.45) is 0 Å². The van der Waals surface area contributed by atoms with Gasteiger partial charge in [-0.05, 0) is 34.5 Å². The first-order chi connectivity index (χ1) is 17.7. The fourth-order valence-corrected chi connectivity index (χ4v) is 5.60. The number of nitrogens with zero attached hydrogens (tertiary/aromatic N) is 4. The first kappa shape index (κ1) is 22.7. The van der Waals surface area contributed by atoms with Crippen molar-refractivity contribution < 1.29 is 0 Å². The lowest BCUT2D eigenvalue weighted by atomic mass is 9.89. The van der Waals surface area contributed by atoms with Gasteiger partial charge in [-0.25, -0.2) is 4.98 Å². The Morgan fingerprint density at radius 2 is 1.72 bits per heavy atom. The molecule has 5 nitrogen and oxygen atoms in total. The van der Waals surface area contributed by atoms with Crippen molar-refractivity contribution in [2.75, 3.05) is 19.6 Å². The van der Waals surface area contributed by atoms with E-state index in [1.165, 1.54) is 21.9 Å². The zero-order valence-electron chi connectivity index (χ0n) is 20.6. The van der Waals surface area contributed by atoms with Gasteiger partial charge in [0.25, 0.3) is 5.56 Å². The van der Waals surface area contributed by atoms with E-state index in [9.17, 15) is 4.79 Å². The molecule has 36 heavy (non-hydrogen) atoms. The number of aromatic nitrogens is 2. The van der Waals surface area contributed by atoms with Crippen molar-refractivity contribution in [1.82, 2.24) is 19.4 Å². The van der Waals surface area contributed by atoms with Gasteiger partial charge in [0, 0.05) is 51.6 Å². The van der Waals surface area contributed by atoms with Gasteiger partial charge in [0.2, 0.25) is 0 Å². The molecule has 1 unspecified atom stereocenters. The molecule has 0 saturated heterocycles. The summed E-state index contributed by atoms with van der Waals surface area (Å²) in [5.41, 5.74) is 4.64. The smallest absolute Gasteiger partial charge is 0.258 e. The molecule has 1 aromatic heterocycles. The second-order valence-corrected chi connectivity index (χ2v) is 9.96. The highest BCUT2D eigenvalue weighted by Gasteiger charge is 2.22. The molecule has 2 aliphatic heterocycles. The normalized spacial score (nSPS) is 17.9. The quantitative estimate of drug-likeness (QED) is 0.395. The molecule has 1 atom stereocenters. The van der Waals surface area contributed by atoms with Gasteiger partial charge < -0.3 is 4.90 Å². The van der Waals surface area contributed by atoms with Gasteiger partial charge in [-0.1, -0.05) is 78.9 Å². The van der Waals surface area contributed by atoms with E-state index in [-0.39, 0.29) is 5.56 Å². The summed E-state index contributed by atoms with van der Waals surface area (Å²) in [6.45, 7) is 4.93. The van der Waals surface area contributed by atoms with Crippen LogP contribution in [0.5, 0.6) is 0 Å². The second-order valence-electron chi connectivity index (χ2n) is 9.96. The minimum Gasteiger partial charge on any atom is -0.376 e.